The van der Waals surface area contributed by atoms with Crippen molar-refractivity contribution < 1.29 is 0 Å². The first-order chi connectivity index (χ1) is 7.70. The molecule has 0 fully saturated rings. The Morgan fingerprint density at radius 3 is 1.75 bits per heavy atom. The van der Waals surface area contributed by atoms with Crippen LogP contribution in [-0.4, -0.2) is 9.97 Å². The molecule has 0 radical (unpaired) electrons. The van der Waals surface area contributed by atoms with Crippen molar-refractivity contribution in [1.82, 2.24) is 9.97 Å². The molecule has 0 saturated heterocycles. The average Bonchev–Trinajstić information content (AvgIpc) is 2.29. The molecule has 2 rings (SSSR count). The lowest BCUT2D eigenvalue weighted by Gasteiger charge is -2.16. The van der Waals surface area contributed by atoms with E-state index in [4.69, 9.17) is 5.73 Å². The van der Waals surface area contributed by atoms with Crippen LogP contribution in [-0.2, 0) is 0 Å². The Morgan fingerprint density at radius 1 is 0.938 bits per heavy atom. The molecular formula is C13H15N3. The fourth-order valence-corrected chi connectivity index (χ4v) is 1.77. The van der Waals surface area contributed by atoms with E-state index in [1.807, 2.05) is 38.4 Å². The van der Waals surface area contributed by atoms with E-state index < -0.39 is 0 Å². The standard InChI is InChI=1S/C13H15N3/c1-9-3-5-15-7-11(9)13(14)12-8-16-6-4-10(12)2/h3-8,13H,14H2,1-2H3. The van der Waals surface area contributed by atoms with E-state index in [2.05, 4.69) is 9.97 Å². The molecule has 16 heavy (non-hydrogen) atoms. The van der Waals surface area contributed by atoms with Crippen LogP contribution in [0.1, 0.15) is 28.3 Å². The molecule has 0 aliphatic carbocycles. The number of aromatic nitrogens is 2. The highest BCUT2D eigenvalue weighted by atomic mass is 14.7. The second-order valence-electron chi connectivity index (χ2n) is 3.94. The number of nitrogens with two attached hydrogens (primary N) is 1. The van der Waals surface area contributed by atoms with Crippen LogP contribution < -0.4 is 5.73 Å². The van der Waals surface area contributed by atoms with Gasteiger partial charge in [-0.1, -0.05) is 0 Å². The van der Waals surface area contributed by atoms with Gasteiger partial charge in [-0.2, -0.15) is 0 Å². The van der Waals surface area contributed by atoms with Crippen molar-refractivity contribution in [2.24, 2.45) is 5.73 Å². The highest BCUT2D eigenvalue weighted by molar-refractivity contribution is 5.36. The third-order valence-electron chi connectivity index (χ3n) is 2.83. The van der Waals surface area contributed by atoms with Gasteiger partial charge in [0.25, 0.3) is 0 Å². The number of pyridine rings is 2. The zero-order chi connectivity index (χ0) is 11.5. The van der Waals surface area contributed by atoms with Crippen LogP contribution in [0.3, 0.4) is 0 Å². The van der Waals surface area contributed by atoms with Gasteiger partial charge in [0.15, 0.2) is 0 Å². The molecule has 0 saturated carbocycles. The first kappa shape index (κ1) is 10.8. The molecule has 0 unspecified atom stereocenters. The number of aryl methyl sites for hydroxylation is 2. The molecule has 0 atom stereocenters. The van der Waals surface area contributed by atoms with E-state index in [9.17, 15) is 0 Å². The van der Waals surface area contributed by atoms with Gasteiger partial charge in [0.2, 0.25) is 0 Å². The summed E-state index contributed by atoms with van der Waals surface area (Å²) >= 11 is 0. The Balaban J connectivity index is 2.44. The van der Waals surface area contributed by atoms with Crippen molar-refractivity contribution in [2.75, 3.05) is 0 Å². The zero-order valence-electron chi connectivity index (χ0n) is 9.51. The van der Waals surface area contributed by atoms with Gasteiger partial charge in [-0.05, 0) is 48.2 Å². The minimum absolute atomic E-state index is 0.151. The summed E-state index contributed by atoms with van der Waals surface area (Å²) in [5, 5.41) is 0. The highest BCUT2D eigenvalue weighted by Crippen LogP contribution is 2.23. The maximum Gasteiger partial charge on any atom is 0.0587 e. The smallest absolute Gasteiger partial charge is 0.0587 e. The van der Waals surface area contributed by atoms with Gasteiger partial charge < -0.3 is 5.73 Å². The predicted octanol–water partition coefficient (Wildman–Crippen LogP) is 2.14. The van der Waals surface area contributed by atoms with E-state index in [0.29, 0.717) is 0 Å². The van der Waals surface area contributed by atoms with Gasteiger partial charge in [-0.3, -0.25) is 9.97 Å². The second kappa shape index (κ2) is 4.41. The van der Waals surface area contributed by atoms with Crippen LogP contribution in [0.5, 0.6) is 0 Å². The van der Waals surface area contributed by atoms with Crippen LogP contribution in [0.2, 0.25) is 0 Å². The molecule has 0 aromatic carbocycles. The lowest BCUT2D eigenvalue weighted by Crippen LogP contribution is -2.15. The molecule has 2 heterocycles. The Morgan fingerprint density at radius 2 is 1.38 bits per heavy atom. The summed E-state index contributed by atoms with van der Waals surface area (Å²) in [4.78, 5) is 8.24. The summed E-state index contributed by atoms with van der Waals surface area (Å²) in [6.07, 6.45) is 7.21. The number of rotatable bonds is 2. The number of hydrogen-bond donors (Lipinski definition) is 1. The molecule has 0 bridgehead atoms. The van der Waals surface area contributed by atoms with E-state index in [1.54, 1.807) is 12.4 Å². The lowest BCUT2D eigenvalue weighted by atomic mass is 9.96. The average molecular weight is 213 g/mol. The summed E-state index contributed by atoms with van der Waals surface area (Å²) in [6, 6.07) is 3.80. The summed E-state index contributed by atoms with van der Waals surface area (Å²) in [5.41, 5.74) is 10.7. The Bertz CT molecular complexity index is 449. The third-order valence-corrected chi connectivity index (χ3v) is 2.83. The maximum absolute atomic E-state index is 6.24. The molecule has 2 aromatic heterocycles. The van der Waals surface area contributed by atoms with Crippen molar-refractivity contribution in [2.45, 2.75) is 19.9 Å². The molecule has 3 heteroatoms. The van der Waals surface area contributed by atoms with Crippen molar-refractivity contribution in [3.8, 4) is 0 Å². The largest absolute Gasteiger partial charge is 0.320 e. The first-order valence-electron chi connectivity index (χ1n) is 5.26. The van der Waals surface area contributed by atoms with E-state index >= 15 is 0 Å². The molecule has 3 nitrogen and oxygen atoms in total. The minimum Gasteiger partial charge on any atom is -0.320 e. The first-order valence-corrected chi connectivity index (χ1v) is 5.26. The fourth-order valence-electron chi connectivity index (χ4n) is 1.77. The van der Waals surface area contributed by atoms with Gasteiger partial charge in [0.1, 0.15) is 0 Å². The van der Waals surface area contributed by atoms with Crippen LogP contribution in [0, 0.1) is 13.8 Å². The molecule has 82 valence electrons. The van der Waals surface area contributed by atoms with Crippen molar-refractivity contribution >= 4 is 0 Å². The minimum atomic E-state index is -0.151. The van der Waals surface area contributed by atoms with E-state index in [-0.39, 0.29) is 6.04 Å². The van der Waals surface area contributed by atoms with Crippen molar-refractivity contribution in [3.05, 3.63) is 59.2 Å². The maximum atomic E-state index is 6.24. The van der Waals surface area contributed by atoms with Gasteiger partial charge in [0, 0.05) is 24.8 Å². The quantitative estimate of drug-likeness (QED) is 0.831. The van der Waals surface area contributed by atoms with Crippen molar-refractivity contribution in [3.63, 3.8) is 0 Å². The normalized spacial score (nSPS) is 10.8. The van der Waals surface area contributed by atoms with Gasteiger partial charge in [-0.15, -0.1) is 0 Å². The summed E-state index contributed by atoms with van der Waals surface area (Å²) in [5.74, 6) is 0. The molecular weight excluding hydrogens is 198 g/mol. The number of hydrogen-bond acceptors (Lipinski definition) is 3. The van der Waals surface area contributed by atoms with E-state index in [1.165, 1.54) is 0 Å². The fraction of sp³-hybridized carbons (Fsp3) is 0.231. The SMILES string of the molecule is Cc1ccncc1C(N)c1cnccc1C. The molecule has 2 N–H and O–H groups in total. The molecule has 2 aromatic rings. The Hall–Kier alpha value is -1.74. The highest BCUT2D eigenvalue weighted by Gasteiger charge is 2.13. The van der Waals surface area contributed by atoms with E-state index in [0.717, 1.165) is 22.3 Å². The van der Waals surface area contributed by atoms with Crippen molar-refractivity contribution in [1.29, 1.82) is 0 Å². The summed E-state index contributed by atoms with van der Waals surface area (Å²) in [7, 11) is 0. The predicted molar refractivity (Wildman–Crippen MR) is 64.0 cm³/mol. The number of nitrogens with zero attached hydrogens (tertiary/aromatic N) is 2. The van der Waals surface area contributed by atoms with Gasteiger partial charge in [-0.25, -0.2) is 0 Å². The van der Waals surface area contributed by atoms with Crippen LogP contribution >= 0.6 is 0 Å². The Kier molecular flexibility index (Phi) is 2.97. The zero-order valence-corrected chi connectivity index (χ0v) is 9.51. The molecule has 0 aliphatic rings. The van der Waals surface area contributed by atoms with Crippen LogP contribution in [0.25, 0.3) is 0 Å². The topological polar surface area (TPSA) is 51.8 Å². The Labute approximate surface area is 95.4 Å². The van der Waals surface area contributed by atoms with Gasteiger partial charge >= 0.3 is 0 Å². The molecule has 0 spiro atoms. The van der Waals surface area contributed by atoms with Gasteiger partial charge in [0.05, 0.1) is 6.04 Å². The summed E-state index contributed by atoms with van der Waals surface area (Å²) < 4.78 is 0. The third kappa shape index (κ3) is 1.95. The lowest BCUT2D eigenvalue weighted by molar-refractivity contribution is 0.836. The summed E-state index contributed by atoms with van der Waals surface area (Å²) in [6.45, 7) is 4.09. The monoisotopic (exact) mass is 213 g/mol. The van der Waals surface area contributed by atoms with Crippen LogP contribution in [0.15, 0.2) is 36.9 Å². The molecule has 0 amide bonds. The molecule has 0 aliphatic heterocycles. The van der Waals surface area contributed by atoms with Crippen LogP contribution in [0.4, 0.5) is 0 Å². The second-order valence-corrected chi connectivity index (χ2v) is 3.94.